The zero-order valence-electron chi connectivity index (χ0n) is 9.86. The van der Waals surface area contributed by atoms with E-state index in [2.05, 4.69) is 4.98 Å². The van der Waals surface area contributed by atoms with E-state index < -0.39 is 5.97 Å². The van der Waals surface area contributed by atoms with E-state index in [1.165, 1.54) is 0 Å². The summed E-state index contributed by atoms with van der Waals surface area (Å²) in [6.07, 6.45) is 3.45. The van der Waals surface area contributed by atoms with E-state index in [0.29, 0.717) is 6.54 Å². The second kappa shape index (κ2) is 5.82. The second-order valence-corrected chi connectivity index (χ2v) is 3.95. The fourth-order valence-electron chi connectivity index (χ4n) is 1.75. The highest BCUT2D eigenvalue weighted by atomic mass is 16.4. The number of nitrogens with zero attached hydrogens (tertiary/aromatic N) is 2. The molecule has 0 radical (unpaired) electrons. The molecule has 0 spiro atoms. The number of aliphatic carboxylic acids is 1. The van der Waals surface area contributed by atoms with Gasteiger partial charge in [-0.25, -0.2) is 0 Å². The minimum Gasteiger partial charge on any atom is -0.480 e. The molecule has 0 aliphatic rings. The molecule has 4 nitrogen and oxygen atoms in total. The molecule has 2 rings (SSSR count). The van der Waals surface area contributed by atoms with E-state index >= 15 is 0 Å². The molecule has 2 aromatic rings. The lowest BCUT2D eigenvalue weighted by atomic mass is 10.2. The smallest absolute Gasteiger partial charge is 0.323 e. The Morgan fingerprint density at radius 1 is 1.17 bits per heavy atom. The van der Waals surface area contributed by atoms with E-state index in [1.54, 1.807) is 17.3 Å². The van der Waals surface area contributed by atoms with Crippen molar-refractivity contribution < 1.29 is 9.90 Å². The number of pyridine rings is 1. The van der Waals surface area contributed by atoms with Crippen LogP contribution in [0.15, 0.2) is 54.9 Å². The minimum absolute atomic E-state index is 0.0289. The number of hydrogen-bond donors (Lipinski definition) is 1. The number of aromatic nitrogens is 1. The highest BCUT2D eigenvalue weighted by Crippen LogP contribution is 2.15. The van der Waals surface area contributed by atoms with Crippen LogP contribution in [-0.2, 0) is 11.3 Å². The molecule has 0 saturated heterocycles. The van der Waals surface area contributed by atoms with Gasteiger partial charge in [0.1, 0.15) is 6.54 Å². The van der Waals surface area contributed by atoms with Gasteiger partial charge >= 0.3 is 5.97 Å². The number of para-hydroxylation sites is 1. The van der Waals surface area contributed by atoms with Crippen molar-refractivity contribution in [1.29, 1.82) is 0 Å². The van der Waals surface area contributed by atoms with Crippen LogP contribution in [-0.4, -0.2) is 22.6 Å². The molecule has 0 aliphatic heterocycles. The predicted molar refractivity (Wildman–Crippen MR) is 69.4 cm³/mol. The van der Waals surface area contributed by atoms with Crippen molar-refractivity contribution in [3.8, 4) is 0 Å². The quantitative estimate of drug-likeness (QED) is 0.873. The van der Waals surface area contributed by atoms with Crippen LogP contribution in [0.25, 0.3) is 0 Å². The highest BCUT2D eigenvalue weighted by Gasteiger charge is 2.10. The van der Waals surface area contributed by atoms with Crippen LogP contribution in [0.2, 0.25) is 0 Å². The van der Waals surface area contributed by atoms with Gasteiger partial charge in [0, 0.05) is 24.6 Å². The Labute approximate surface area is 106 Å². The number of rotatable bonds is 5. The van der Waals surface area contributed by atoms with Gasteiger partial charge in [-0.3, -0.25) is 9.78 Å². The van der Waals surface area contributed by atoms with E-state index in [4.69, 9.17) is 5.11 Å². The number of hydrogen-bond acceptors (Lipinski definition) is 3. The summed E-state index contributed by atoms with van der Waals surface area (Å²) < 4.78 is 0. The number of benzene rings is 1. The predicted octanol–water partition coefficient (Wildman–Crippen LogP) is 2.17. The Morgan fingerprint density at radius 2 is 1.94 bits per heavy atom. The van der Waals surface area contributed by atoms with Gasteiger partial charge in [0.15, 0.2) is 0 Å². The van der Waals surface area contributed by atoms with Crippen LogP contribution in [0.5, 0.6) is 0 Å². The van der Waals surface area contributed by atoms with Crippen LogP contribution in [0.1, 0.15) is 5.56 Å². The molecule has 0 bridgehead atoms. The first kappa shape index (κ1) is 12.1. The van der Waals surface area contributed by atoms with Gasteiger partial charge < -0.3 is 10.0 Å². The number of anilines is 1. The minimum atomic E-state index is -0.845. The fraction of sp³-hybridized carbons (Fsp3) is 0.143. The van der Waals surface area contributed by atoms with E-state index in [-0.39, 0.29) is 6.54 Å². The van der Waals surface area contributed by atoms with Crippen LogP contribution >= 0.6 is 0 Å². The van der Waals surface area contributed by atoms with Gasteiger partial charge in [-0.1, -0.05) is 24.3 Å². The monoisotopic (exact) mass is 242 g/mol. The molecular formula is C14H14N2O2. The normalized spacial score (nSPS) is 10.0. The number of carboxylic acid groups (broad SMARTS) is 1. The summed E-state index contributed by atoms with van der Waals surface area (Å²) in [5, 5.41) is 8.97. The van der Waals surface area contributed by atoms with Crippen molar-refractivity contribution in [1.82, 2.24) is 4.98 Å². The maximum Gasteiger partial charge on any atom is 0.323 e. The fourth-order valence-corrected chi connectivity index (χ4v) is 1.75. The van der Waals surface area contributed by atoms with Crippen molar-refractivity contribution >= 4 is 11.7 Å². The maximum atomic E-state index is 10.9. The molecule has 0 atom stereocenters. The molecule has 1 N–H and O–H groups in total. The third-order valence-electron chi connectivity index (χ3n) is 2.54. The van der Waals surface area contributed by atoms with Crippen LogP contribution < -0.4 is 4.90 Å². The largest absolute Gasteiger partial charge is 0.480 e. The van der Waals surface area contributed by atoms with Gasteiger partial charge in [0.25, 0.3) is 0 Å². The average Bonchev–Trinajstić information content (AvgIpc) is 2.40. The van der Waals surface area contributed by atoms with E-state index in [9.17, 15) is 4.79 Å². The van der Waals surface area contributed by atoms with Crippen molar-refractivity contribution in [2.45, 2.75) is 6.54 Å². The Kier molecular flexibility index (Phi) is 3.91. The van der Waals surface area contributed by atoms with Gasteiger partial charge in [0.05, 0.1) is 0 Å². The summed E-state index contributed by atoms with van der Waals surface area (Å²) in [4.78, 5) is 16.8. The first-order chi connectivity index (χ1) is 8.75. The standard InChI is InChI=1S/C14H14N2O2/c17-14(18)11-16(13-6-2-1-3-7-13)10-12-5-4-8-15-9-12/h1-9H,10-11H2,(H,17,18). The van der Waals surface area contributed by atoms with Crippen molar-refractivity contribution in [2.75, 3.05) is 11.4 Å². The Balaban J connectivity index is 2.18. The maximum absolute atomic E-state index is 10.9. The molecule has 0 saturated carbocycles. The zero-order valence-corrected chi connectivity index (χ0v) is 9.86. The lowest BCUT2D eigenvalue weighted by Gasteiger charge is -2.22. The first-order valence-electron chi connectivity index (χ1n) is 5.66. The van der Waals surface area contributed by atoms with Crippen molar-refractivity contribution in [3.63, 3.8) is 0 Å². The van der Waals surface area contributed by atoms with Gasteiger partial charge in [-0.15, -0.1) is 0 Å². The number of carbonyl (C=O) groups is 1. The van der Waals surface area contributed by atoms with Crippen molar-refractivity contribution in [3.05, 3.63) is 60.4 Å². The summed E-state index contributed by atoms with van der Waals surface area (Å²) in [6, 6.07) is 13.3. The average molecular weight is 242 g/mol. The summed E-state index contributed by atoms with van der Waals surface area (Å²) in [5.41, 5.74) is 1.88. The summed E-state index contributed by atoms with van der Waals surface area (Å²) in [5.74, 6) is -0.845. The lowest BCUT2D eigenvalue weighted by molar-refractivity contribution is -0.135. The Bertz CT molecular complexity index is 500. The van der Waals surface area contributed by atoms with Crippen molar-refractivity contribution in [2.24, 2.45) is 0 Å². The van der Waals surface area contributed by atoms with E-state index in [1.807, 2.05) is 42.5 Å². The molecule has 0 amide bonds. The number of carboxylic acids is 1. The molecule has 0 fully saturated rings. The molecule has 0 aliphatic carbocycles. The first-order valence-corrected chi connectivity index (χ1v) is 5.66. The highest BCUT2D eigenvalue weighted by molar-refractivity contribution is 5.73. The molecule has 1 heterocycles. The molecule has 4 heteroatoms. The Morgan fingerprint density at radius 3 is 2.56 bits per heavy atom. The topological polar surface area (TPSA) is 53.4 Å². The van der Waals surface area contributed by atoms with Gasteiger partial charge in [0.2, 0.25) is 0 Å². The molecular weight excluding hydrogens is 228 g/mol. The van der Waals surface area contributed by atoms with Gasteiger partial charge in [-0.2, -0.15) is 0 Å². The summed E-state index contributed by atoms with van der Waals surface area (Å²) in [7, 11) is 0. The molecule has 1 aromatic heterocycles. The molecule has 18 heavy (non-hydrogen) atoms. The second-order valence-electron chi connectivity index (χ2n) is 3.95. The molecule has 92 valence electrons. The SMILES string of the molecule is O=C(O)CN(Cc1cccnc1)c1ccccc1. The third-order valence-corrected chi connectivity index (χ3v) is 2.54. The summed E-state index contributed by atoms with van der Waals surface area (Å²) >= 11 is 0. The van der Waals surface area contributed by atoms with Crippen LogP contribution in [0, 0.1) is 0 Å². The summed E-state index contributed by atoms with van der Waals surface area (Å²) in [6.45, 7) is 0.503. The lowest BCUT2D eigenvalue weighted by Crippen LogP contribution is -2.29. The molecule has 0 unspecified atom stereocenters. The van der Waals surface area contributed by atoms with Gasteiger partial charge in [-0.05, 0) is 23.8 Å². The third kappa shape index (κ3) is 3.31. The molecule has 1 aromatic carbocycles. The Hall–Kier alpha value is -2.36. The van der Waals surface area contributed by atoms with Crippen LogP contribution in [0.4, 0.5) is 5.69 Å². The van der Waals surface area contributed by atoms with E-state index in [0.717, 1.165) is 11.3 Å². The van der Waals surface area contributed by atoms with Crippen LogP contribution in [0.3, 0.4) is 0 Å². The zero-order chi connectivity index (χ0) is 12.8.